The minimum atomic E-state index is -0.850. The summed E-state index contributed by atoms with van der Waals surface area (Å²) in [5.74, 6) is 0.0509. The number of carbonyl (C=O) groups excluding carboxylic acids is 2. The highest BCUT2D eigenvalue weighted by molar-refractivity contribution is 5.87. The van der Waals surface area contributed by atoms with Crippen molar-refractivity contribution in [2.45, 2.75) is 31.3 Å². The van der Waals surface area contributed by atoms with E-state index in [-0.39, 0.29) is 11.8 Å². The molecular formula is C17H23N3O3. The average Bonchev–Trinajstić information content (AvgIpc) is 2.70. The second-order valence-electron chi connectivity index (χ2n) is 6.37. The van der Waals surface area contributed by atoms with Crippen LogP contribution in [0.2, 0.25) is 0 Å². The molecule has 23 heavy (non-hydrogen) atoms. The van der Waals surface area contributed by atoms with Crippen LogP contribution in [0.4, 0.5) is 0 Å². The molecule has 0 radical (unpaired) electrons. The van der Waals surface area contributed by atoms with Crippen LogP contribution in [0.5, 0.6) is 0 Å². The SMILES string of the molecule is CN1CCCCC2(CN(C(=O)Cc3ccncc3)CCO2)C1=O. The number of rotatable bonds is 2. The van der Waals surface area contributed by atoms with E-state index in [4.69, 9.17) is 4.74 Å². The highest BCUT2D eigenvalue weighted by atomic mass is 16.5. The number of nitrogens with zero attached hydrogens (tertiary/aromatic N) is 3. The summed E-state index contributed by atoms with van der Waals surface area (Å²) in [6.07, 6.45) is 6.33. The van der Waals surface area contributed by atoms with Crippen molar-refractivity contribution >= 4 is 11.8 Å². The van der Waals surface area contributed by atoms with E-state index in [9.17, 15) is 9.59 Å². The molecule has 0 aromatic carbocycles. The van der Waals surface area contributed by atoms with Gasteiger partial charge in [0.1, 0.15) is 0 Å². The summed E-state index contributed by atoms with van der Waals surface area (Å²) in [4.78, 5) is 32.8. The molecular weight excluding hydrogens is 294 g/mol. The van der Waals surface area contributed by atoms with Gasteiger partial charge in [0, 0.05) is 32.5 Å². The van der Waals surface area contributed by atoms with Gasteiger partial charge in [-0.25, -0.2) is 0 Å². The van der Waals surface area contributed by atoms with Crippen LogP contribution in [0.25, 0.3) is 0 Å². The fourth-order valence-corrected chi connectivity index (χ4v) is 3.38. The Morgan fingerprint density at radius 1 is 1.30 bits per heavy atom. The summed E-state index contributed by atoms with van der Waals surface area (Å²) in [5, 5.41) is 0. The van der Waals surface area contributed by atoms with E-state index in [2.05, 4.69) is 4.98 Å². The predicted molar refractivity (Wildman–Crippen MR) is 84.7 cm³/mol. The maximum atomic E-state index is 12.7. The van der Waals surface area contributed by atoms with Crippen LogP contribution in [-0.4, -0.2) is 65.5 Å². The van der Waals surface area contributed by atoms with Gasteiger partial charge < -0.3 is 14.5 Å². The van der Waals surface area contributed by atoms with Crippen molar-refractivity contribution in [3.05, 3.63) is 30.1 Å². The van der Waals surface area contributed by atoms with Gasteiger partial charge in [0.2, 0.25) is 5.91 Å². The highest BCUT2D eigenvalue weighted by Crippen LogP contribution is 2.29. The maximum absolute atomic E-state index is 12.7. The summed E-state index contributed by atoms with van der Waals surface area (Å²) in [6.45, 7) is 2.08. The second-order valence-corrected chi connectivity index (χ2v) is 6.37. The summed E-state index contributed by atoms with van der Waals surface area (Å²) >= 11 is 0. The molecule has 1 aromatic rings. The van der Waals surface area contributed by atoms with Gasteiger partial charge in [0.25, 0.3) is 5.91 Å². The summed E-state index contributed by atoms with van der Waals surface area (Å²) < 4.78 is 5.90. The molecule has 1 atom stereocenters. The molecule has 6 nitrogen and oxygen atoms in total. The third kappa shape index (κ3) is 3.37. The number of hydrogen-bond acceptors (Lipinski definition) is 4. The molecule has 2 amide bonds. The molecule has 2 fully saturated rings. The molecule has 124 valence electrons. The monoisotopic (exact) mass is 317 g/mol. The summed E-state index contributed by atoms with van der Waals surface area (Å²) in [6, 6.07) is 3.69. The minimum Gasteiger partial charge on any atom is -0.361 e. The lowest BCUT2D eigenvalue weighted by atomic mass is 9.94. The Morgan fingerprint density at radius 2 is 2.09 bits per heavy atom. The maximum Gasteiger partial charge on any atom is 0.256 e. The van der Waals surface area contributed by atoms with Gasteiger partial charge >= 0.3 is 0 Å². The lowest BCUT2D eigenvalue weighted by Crippen LogP contribution is -2.60. The van der Waals surface area contributed by atoms with Crippen molar-refractivity contribution in [1.29, 1.82) is 0 Å². The van der Waals surface area contributed by atoms with Crippen LogP contribution in [0, 0.1) is 0 Å². The minimum absolute atomic E-state index is 0.0106. The quantitative estimate of drug-likeness (QED) is 0.812. The van der Waals surface area contributed by atoms with Gasteiger partial charge in [-0.05, 0) is 37.0 Å². The molecule has 2 aliphatic rings. The molecule has 2 saturated heterocycles. The largest absolute Gasteiger partial charge is 0.361 e. The van der Waals surface area contributed by atoms with Gasteiger partial charge in [0.15, 0.2) is 5.60 Å². The van der Waals surface area contributed by atoms with E-state index in [1.165, 1.54) is 0 Å². The number of hydrogen-bond donors (Lipinski definition) is 0. The number of aromatic nitrogens is 1. The molecule has 1 aromatic heterocycles. The summed E-state index contributed by atoms with van der Waals surface area (Å²) in [7, 11) is 1.82. The van der Waals surface area contributed by atoms with E-state index in [1.807, 2.05) is 19.2 Å². The van der Waals surface area contributed by atoms with Crippen molar-refractivity contribution in [2.24, 2.45) is 0 Å². The Labute approximate surface area is 136 Å². The molecule has 2 aliphatic heterocycles. The average molecular weight is 317 g/mol. The van der Waals surface area contributed by atoms with E-state index in [0.717, 1.165) is 24.9 Å². The van der Waals surface area contributed by atoms with Gasteiger partial charge in [-0.1, -0.05) is 0 Å². The molecule has 0 N–H and O–H groups in total. The van der Waals surface area contributed by atoms with Crippen molar-refractivity contribution in [3.8, 4) is 0 Å². The van der Waals surface area contributed by atoms with Crippen molar-refractivity contribution < 1.29 is 14.3 Å². The first-order chi connectivity index (χ1) is 11.1. The number of ether oxygens (including phenoxy) is 1. The molecule has 0 bridgehead atoms. The molecule has 6 heteroatoms. The Hall–Kier alpha value is -1.95. The van der Waals surface area contributed by atoms with Crippen LogP contribution >= 0.6 is 0 Å². The van der Waals surface area contributed by atoms with E-state index in [0.29, 0.717) is 32.5 Å². The zero-order valence-corrected chi connectivity index (χ0v) is 13.5. The molecule has 0 aliphatic carbocycles. The van der Waals surface area contributed by atoms with E-state index < -0.39 is 5.60 Å². The summed E-state index contributed by atoms with van der Waals surface area (Å²) in [5.41, 5.74) is 0.0899. The number of likely N-dealkylation sites (tertiary alicyclic amines) is 1. The zero-order valence-electron chi connectivity index (χ0n) is 13.5. The van der Waals surface area contributed by atoms with Crippen LogP contribution in [0.1, 0.15) is 24.8 Å². The van der Waals surface area contributed by atoms with Crippen molar-refractivity contribution in [1.82, 2.24) is 14.8 Å². The first-order valence-electron chi connectivity index (χ1n) is 8.17. The highest BCUT2D eigenvalue weighted by Gasteiger charge is 2.46. The topological polar surface area (TPSA) is 62.7 Å². The van der Waals surface area contributed by atoms with Crippen molar-refractivity contribution in [3.63, 3.8) is 0 Å². The van der Waals surface area contributed by atoms with E-state index in [1.54, 1.807) is 22.2 Å². The van der Waals surface area contributed by atoms with E-state index >= 15 is 0 Å². The fourth-order valence-electron chi connectivity index (χ4n) is 3.38. The lowest BCUT2D eigenvalue weighted by molar-refractivity contribution is -0.173. The van der Waals surface area contributed by atoms with Crippen LogP contribution < -0.4 is 0 Å². The van der Waals surface area contributed by atoms with Crippen molar-refractivity contribution in [2.75, 3.05) is 33.3 Å². The number of amides is 2. The molecule has 0 saturated carbocycles. The normalized spacial score (nSPS) is 25.5. The molecule has 1 spiro atoms. The smallest absolute Gasteiger partial charge is 0.256 e. The Kier molecular flexibility index (Phi) is 4.61. The number of pyridine rings is 1. The number of carbonyl (C=O) groups is 2. The van der Waals surface area contributed by atoms with Gasteiger partial charge in [-0.3, -0.25) is 14.6 Å². The Balaban J connectivity index is 1.72. The Bertz CT molecular complexity index is 578. The third-order valence-electron chi connectivity index (χ3n) is 4.70. The second kappa shape index (κ2) is 6.66. The van der Waals surface area contributed by atoms with Gasteiger partial charge in [-0.15, -0.1) is 0 Å². The number of morpholine rings is 1. The van der Waals surface area contributed by atoms with Gasteiger partial charge in [0.05, 0.1) is 19.6 Å². The molecule has 1 unspecified atom stereocenters. The predicted octanol–water partition coefficient (Wildman–Crippen LogP) is 0.864. The van der Waals surface area contributed by atoms with Crippen LogP contribution in [0.15, 0.2) is 24.5 Å². The number of likely N-dealkylation sites (N-methyl/N-ethyl adjacent to an activating group) is 1. The molecule has 3 heterocycles. The van der Waals surface area contributed by atoms with Crippen LogP contribution in [0.3, 0.4) is 0 Å². The first-order valence-corrected chi connectivity index (χ1v) is 8.17. The van der Waals surface area contributed by atoms with Crippen LogP contribution in [-0.2, 0) is 20.7 Å². The fraction of sp³-hybridized carbons (Fsp3) is 0.588. The van der Waals surface area contributed by atoms with Gasteiger partial charge in [-0.2, -0.15) is 0 Å². The Morgan fingerprint density at radius 3 is 2.87 bits per heavy atom. The lowest BCUT2D eigenvalue weighted by Gasteiger charge is -2.42. The third-order valence-corrected chi connectivity index (χ3v) is 4.70. The molecule has 3 rings (SSSR count). The zero-order chi connectivity index (χ0) is 16.3. The first kappa shape index (κ1) is 15.9. The standard InChI is InChI=1S/C17H23N3O3/c1-19-9-3-2-6-17(16(19)22)13-20(10-11-23-17)15(21)12-14-4-7-18-8-5-14/h4-5,7-8H,2-3,6,9-13H2,1H3.